The van der Waals surface area contributed by atoms with Crippen molar-refractivity contribution in [2.75, 3.05) is 0 Å². The molecule has 4 aromatic heterocycles. The first-order chi connectivity index (χ1) is 22.2. The fourth-order valence-electron chi connectivity index (χ4n) is 6.42. The molecule has 5 aromatic carbocycles. The van der Waals surface area contributed by atoms with Gasteiger partial charge in [-0.1, -0.05) is 97.3 Å². The summed E-state index contributed by atoms with van der Waals surface area (Å²) in [5, 5.41) is 5.13. The van der Waals surface area contributed by atoms with E-state index >= 15 is 0 Å². The molecule has 0 radical (unpaired) electrons. The Morgan fingerprint density at radius 2 is 1.50 bits per heavy atom. The van der Waals surface area contributed by atoms with Crippen molar-refractivity contribution in [3.63, 3.8) is 0 Å². The third-order valence-electron chi connectivity index (χ3n) is 8.62. The molecule has 0 aliphatic heterocycles. The van der Waals surface area contributed by atoms with Gasteiger partial charge < -0.3 is 18.5 Å². The van der Waals surface area contributed by atoms with E-state index in [2.05, 4.69) is 129 Å². The molecule has 224 valence electrons. The number of rotatable bonds is 5. The largest absolute Gasteiger partial charge is 3.00 e. The van der Waals surface area contributed by atoms with Crippen molar-refractivity contribution in [2.45, 2.75) is 33.2 Å². The van der Waals surface area contributed by atoms with E-state index in [0.29, 0.717) is 0 Å². The Hall–Kier alpha value is -4.83. The van der Waals surface area contributed by atoms with Crippen LogP contribution in [0, 0.1) is 25.4 Å². The van der Waals surface area contributed by atoms with Crippen molar-refractivity contribution in [2.24, 2.45) is 0 Å². The van der Waals surface area contributed by atoms with Gasteiger partial charge in [0, 0.05) is 22.5 Å². The molecule has 0 fully saturated rings. The number of hydrogen-bond acceptors (Lipinski definition) is 1. The van der Waals surface area contributed by atoms with Crippen LogP contribution in [0.1, 0.15) is 25.3 Å². The normalized spacial score (nSPS) is 11.3. The molecule has 0 atom stereocenters. The van der Waals surface area contributed by atoms with Crippen molar-refractivity contribution in [3.8, 4) is 16.9 Å². The number of benzene rings is 5. The number of fused-ring (bicyclic) bond motifs is 7. The Labute approximate surface area is 282 Å². The fraction of sp³-hybridized carbons (Fsp3) is 0.122. The Balaban J connectivity index is 0.000000204. The van der Waals surface area contributed by atoms with E-state index in [1.54, 1.807) is 0 Å². The fourth-order valence-corrected chi connectivity index (χ4v) is 6.42. The molecule has 9 aromatic rings. The number of imidazole rings is 1. The van der Waals surface area contributed by atoms with Gasteiger partial charge in [-0.15, -0.1) is 41.3 Å². The second kappa shape index (κ2) is 12.5. The van der Waals surface area contributed by atoms with E-state index in [0.717, 1.165) is 40.9 Å². The van der Waals surface area contributed by atoms with E-state index in [-0.39, 0.29) is 20.1 Å². The summed E-state index contributed by atoms with van der Waals surface area (Å²) in [6.07, 6.45) is 7.78. The van der Waals surface area contributed by atoms with E-state index < -0.39 is 0 Å². The van der Waals surface area contributed by atoms with Crippen LogP contribution in [0.2, 0.25) is 0 Å². The summed E-state index contributed by atoms with van der Waals surface area (Å²) in [4.78, 5) is 4.32. The topological polar surface area (TPSA) is 26.1 Å². The van der Waals surface area contributed by atoms with Crippen molar-refractivity contribution in [1.82, 2.24) is 14.0 Å². The number of unbranched alkanes of at least 4 members (excludes halogenated alkanes) is 1. The summed E-state index contributed by atoms with van der Waals surface area (Å²) in [5.41, 5.74) is 10.3. The van der Waals surface area contributed by atoms with Crippen LogP contribution in [0.15, 0.2) is 121 Å². The molecule has 4 nitrogen and oxygen atoms in total. The van der Waals surface area contributed by atoms with Gasteiger partial charge in [0.05, 0.1) is 23.1 Å². The zero-order valence-corrected chi connectivity index (χ0v) is 28.2. The zero-order chi connectivity index (χ0) is 30.3. The molecule has 0 bridgehead atoms. The molecule has 4 heterocycles. The van der Waals surface area contributed by atoms with E-state index in [1.807, 2.05) is 43.5 Å². The van der Waals surface area contributed by atoms with Crippen LogP contribution in [0.4, 0.5) is 0 Å². The maximum absolute atomic E-state index is 4.32. The number of aromatic nitrogens is 4. The molecule has 9 rings (SSSR count). The second-order valence-electron chi connectivity index (χ2n) is 11.6. The van der Waals surface area contributed by atoms with E-state index in [9.17, 15) is 0 Å². The Bertz CT molecular complexity index is 2420. The van der Waals surface area contributed by atoms with Gasteiger partial charge in [0.2, 0.25) is 6.33 Å². The minimum atomic E-state index is 0. The zero-order valence-electron chi connectivity index (χ0n) is 25.8. The van der Waals surface area contributed by atoms with Crippen LogP contribution in [0.25, 0.3) is 66.1 Å². The Morgan fingerprint density at radius 3 is 2.28 bits per heavy atom. The third kappa shape index (κ3) is 5.06. The molecule has 5 heteroatoms. The summed E-state index contributed by atoms with van der Waals surface area (Å²) in [7, 11) is 0. The average molecular weight is 773 g/mol. The second-order valence-corrected chi connectivity index (χ2v) is 11.6. The first-order valence-corrected chi connectivity index (χ1v) is 15.6. The number of nitrogens with zero attached hydrogens (tertiary/aromatic N) is 4. The number of hydrogen-bond donors (Lipinski definition) is 0. The SMILES string of the molecule is CCCC[n+]1[c-]n(-c2[c-]c3c(cc2)c2cccc4c5ccccc5n3c24)c2ccccc21.Cc1ccc(-c2[c-]cccc2)nc1.[Ir+3]. The van der Waals surface area contributed by atoms with Gasteiger partial charge in [0.1, 0.15) is 0 Å². The summed E-state index contributed by atoms with van der Waals surface area (Å²) in [5.74, 6) is 0. The monoisotopic (exact) mass is 773 g/mol. The van der Waals surface area contributed by atoms with Crippen molar-refractivity contribution >= 4 is 49.1 Å². The van der Waals surface area contributed by atoms with Crippen LogP contribution in [0.3, 0.4) is 0 Å². The molecular weight excluding hydrogens is 741 g/mol. The summed E-state index contributed by atoms with van der Waals surface area (Å²) >= 11 is 0. The molecule has 0 N–H and O–H groups in total. The first-order valence-electron chi connectivity index (χ1n) is 15.6. The molecule has 0 saturated heterocycles. The summed E-state index contributed by atoms with van der Waals surface area (Å²) in [6, 6.07) is 47.1. The Kier molecular flexibility index (Phi) is 8.12. The standard InChI is InChI=1S/C29H22N3.C12H10N.Ir/c1-2-3-17-30-19-31(27-14-7-6-13-26(27)30)20-15-16-22-24-11-8-10-23-21-9-4-5-12-25(21)32(29(23)24)28(22)18-20;1-10-7-8-12(13-9-10)11-5-3-2-4-6-11;/h4-16H,2-3,17H2,1H3;2-5,7-9H,1H3;/q2*-1;+3. The van der Waals surface area contributed by atoms with Gasteiger partial charge in [0.15, 0.2) is 0 Å². The molecule has 0 aliphatic carbocycles. The van der Waals surface area contributed by atoms with E-state index in [4.69, 9.17) is 0 Å². The van der Waals surface area contributed by atoms with Gasteiger partial charge in [-0.05, 0) is 36.1 Å². The maximum atomic E-state index is 4.32. The number of pyridine rings is 1. The van der Waals surface area contributed by atoms with Crippen LogP contribution < -0.4 is 4.57 Å². The van der Waals surface area contributed by atoms with Crippen molar-refractivity contribution in [3.05, 3.63) is 145 Å². The molecule has 0 aliphatic rings. The third-order valence-corrected chi connectivity index (χ3v) is 8.62. The van der Waals surface area contributed by atoms with Crippen molar-refractivity contribution < 1.29 is 24.7 Å². The molecule has 0 saturated carbocycles. The molecular formula is C41H32IrN4+. The predicted octanol–water partition coefficient (Wildman–Crippen LogP) is 9.32. The Morgan fingerprint density at radius 1 is 0.739 bits per heavy atom. The van der Waals surface area contributed by atoms with Crippen LogP contribution in [0.5, 0.6) is 0 Å². The smallest absolute Gasteiger partial charge is 0.342 e. The summed E-state index contributed by atoms with van der Waals surface area (Å²) in [6.45, 7) is 5.24. The minimum Gasteiger partial charge on any atom is -0.342 e. The van der Waals surface area contributed by atoms with Crippen LogP contribution in [-0.4, -0.2) is 14.0 Å². The quantitative estimate of drug-likeness (QED) is 0.127. The van der Waals surface area contributed by atoms with E-state index in [1.165, 1.54) is 50.1 Å². The van der Waals surface area contributed by atoms with Gasteiger partial charge in [0.25, 0.3) is 0 Å². The van der Waals surface area contributed by atoms with Gasteiger partial charge in [-0.2, -0.15) is 18.2 Å². The average Bonchev–Trinajstić information content (AvgIpc) is 3.75. The maximum Gasteiger partial charge on any atom is 3.00 e. The van der Waals surface area contributed by atoms with Gasteiger partial charge in [-0.25, -0.2) is 0 Å². The number of para-hydroxylation sites is 4. The minimum absolute atomic E-state index is 0. The van der Waals surface area contributed by atoms with Gasteiger partial charge >= 0.3 is 20.1 Å². The first kappa shape index (κ1) is 29.9. The molecule has 46 heavy (non-hydrogen) atoms. The molecule has 0 amide bonds. The summed E-state index contributed by atoms with van der Waals surface area (Å²) < 4.78 is 6.80. The van der Waals surface area contributed by atoms with Crippen LogP contribution >= 0.6 is 0 Å². The molecule has 0 spiro atoms. The van der Waals surface area contributed by atoms with Gasteiger partial charge in [-0.3, -0.25) is 0 Å². The van der Waals surface area contributed by atoms with Crippen LogP contribution in [-0.2, 0) is 26.7 Å². The predicted molar refractivity (Wildman–Crippen MR) is 184 cm³/mol. The number of aryl methyl sites for hydroxylation is 2. The van der Waals surface area contributed by atoms with Crippen molar-refractivity contribution in [1.29, 1.82) is 0 Å². The molecule has 0 unspecified atom stereocenters.